The molecule has 0 fully saturated rings. The fourth-order valence-electron chi connectivity index (χ4n) is 2.50. The molecule has 2 rings (SSSR count). The van der Waals surface area contributed by atoms with Gasteiger partial charge in [-0.25, -0.2) is 10.4 Å². The molecule has 0 atom stereocenters. The summed E-state index contributed by atoms with van der Waals surface area (Å²) >= 11 is 0. The highest BCUT2D eigenvalue weighted by molar-refractivity contribution is 5.81. The monoisotopic (exact) mass is 384 g/mol. The molecule has 1 aromatic heterocycles. The zero-order valence-electron chi connectivity index (χ0n) is 17.0. The number of oxazole rings is 1. The summed E-state index contributed by atoms with van der Waals surface area (Å²) in [5, 5.41) is 13.3. The molecule has 0 unspecified atom stereocenters. The number of hydrogen-bond donors (Lipinski definition) is 1. The number of hydrazone groups is 1. The molecule has 0 bridgehead atoms. The first-order chi connectivity index (χ1) is 13.6. The maximum Gasteiger partial charge on any atom is 0.252 e. The lowest BCUT2D eigenvalue weighted by molar-refractivity contribution is 0.285. The van der Waals surface area contributed by atoms with Crippen molar-refractivity contribution >= 4 is 12.1 Å². The summed E-state index contributed by atoms with van der Waals surface area (Å²) in [4.78, 5) is 4.14. The van der Waals surface area contributed by atoms with E-state index in [9.17, 15) is 0 Å². The zero-order valence-corrected chi connectivity index (χ0v) is 17.0. The van der Waals surface area contributed by atoms with Crippen LogP contribution in [0.2, 0.25) is 0 Å². The van der Waals surface area contributed by atoms with Crippen molar-refractivity contribution < 1.29 is 13.9 Å². The highest BCUT2D eigenvalue weighted by Crippen LogP contribution is 2.28. The molecule has 150 valence electrons. The molecule has 7 heteroatoms. The number of aromatic nitrogens is 1. The highest BCUT2D eigenvalue weighted by atomic mass is 16.5. The average molecular weight is 384 g/mol. The number of benzene rings is 1. The van der Waals surface area contributed by atoms with Gasteiger partial charge in [-0.3, -0.25) is 0 Å². The predicted molar refractivity (Wildman–Crippen MR) is 109 cm³/mol. The third-order valence-electron chi connectivity index (χ3n) is 4.07. The van der Waals surface area contributed by atoms with Gasteiger partial charge < -0.3 is 13.9 Å². The number of nitrogens with zero attached hydrogens (tertiary/aromatic N) is 3. The highest BCUT2D eigenvalue weighted by Gasteiger charge is 2.14. The quantitative estimate of drug-likeness (QED) is 0.330. The van der Waals surface area contributed by atoms with Gasteiger partial charge in [0.15, 0.2) is 11.5 Å². The van der Waals surface area contributed by atoms with Crippen LogP contribution in [0.5, 0.6) is 11.5 Å². The normalized spacial score (nSPS) is 11.0. The Kier molecular flexibility index (Phi) is 8.35. The summed E-state index contributed by atoms with van der Waals surface area (Å²) in [6, 6.07) is 7.60. The van der Waals surface area contributed by atoms with Crippen LogP contribution in [0.4, 0.5) is 5.88 Å². The van der Waals surface area contributed by atoms with Crippen molar-refractivity contribution in [2.24, 2.45) is 5.10 Å². The summed E-state index contributed by atoms with van der Waals surface area (Å²) in [6.07, 6.45) is 6.24. The van der Waals surface area contributed by atoms with Crippen molar-refractivity contribution in [1.82, 2.24) is 4.98 Å². The lowest BCUT2D eigenvalue weighted by Crippen LogP contribution is -2.00. The second-order valence-electron chi connectivity index (χ2n) is 6.69. The van der Waals surface area contributed by atoms with E-state index in [4.69, 9.17) is 19.2 Å². The van der Waals surface area contributed by atoms with E-state index in [-0.39, 0.29) is 17.5 Å². The number of methoxy groups -OCH3 is 1. The van der Waals surface area contributed by atoms with Gasteiger partial charge in [-0.05, 0) is 30.2 Å². The third kappa shape index (κ3) is 6.02. The predicted octanol–water partition coefficient (Wildman–Crippen LogP) is 5.08. The van der Waals surface area contributed by atoms with E-state index in [1.807, 2.05) is 38.1 Å². The summed E-state index contributed by atoms with van der Waals surface area (Å²) in [6.45, 7) is 6.75. The molecule has 0 aliphatic rings. The van der Waals surface area contributed by atoms with Gasteiger partial charge in [-0.15, -0.1) is 0 Å². The van der Waals surface area contributed by atoms with Crippen molar-refractivity contribution in [3.8, 4) is 17.6 Å². The third-order valence-corrected chi connectivity index (χ3v) is 4.07. The summed E-state index contributed by atoms with van der Waals surface area (Å²) < 4.78 is 16.8. The fraction of sp³-hybridized carbons (Fsp3) is 0.476. The number of nitriles is 1. The lowest BCUT2D eigenvalue weighted by atomic mass is 10.2. The standard InChI is InChI=1S/C21H28N4O3/c1-5-6-7-8-11-27-18-10-9-16(12-19(18)26-4)14-23-25-21-17(13-22)24-20(28-21)15(2)3/h9-10,12,14-15,25H,5-8,11H2,1-4H3/b23-14+. The maximum absolute atomic E-state index is 9.15. The second kappa shape index (κ2) is 11.0. The molecular weight excluding hydrogens is 356 g/mol. The Morgan fingerprint density at radius 2 is 2.11 bits per heavy atom. The van der Waals surface area contributed by atoms with Gasteiger partial charge in [-0.2, -0.15) is 10.4 Å². The molecule has 0 saturated heterocycles. The van der Waals surface area contributed by atoms with E-state index in [1.165, 1.54) is 19.3 Å². The largest absolute Gasteiger partial charge is 0.493 e. The summed E-state index contributed by atoms with van der Waals surface area (Å²) in [5.41, 5.74) is 3.75. The summed E-state index contributed by atoms with van der Waals surface area (Å²) in [7, 11) is 1.61. The van der Waals surface area contributed by atoms with Crippen LogP contribution in [0, 0.1) is 11.3 Å². The molecule has 0 aliphatic carbocycles. The fourth-order valence-corrected chi connectivity index (χ4v) is 2.50. The van der Waals surface area contributed by atoms with Crippen molar-refractivity contribution in [2.75, 3.05) is 19.1 Å². The molecule has 0 radical (unpaired) electrons. The molecule has 1 heterocycles. The van der Waals surface area contributed by atoms with E-state index >= 15 is 0 Å². The number of anilines is 1. The van der Waals surface area contributed by atoms with E-state index < -0.39 is 0 Å². The van der Waals surface area contributed by atoms with Crippen LogP contribution in [-0.2, 0) is 0 Å². The van der Waals surface area contributed by atoms with E-state index in [2.05, 4.69) is 22.4 Å². The molecule has 2 aromatic rings. The Morgan fingerprint density at radius 3 is 2.79 bits per heavy atom. The molecule has 1 N–H and O–H groups in total. The number of nitrogens with one attached hydrogen (secondary N) is 1. The first-order valence-corrected chi connectivity index (χ1v) is 9.59. The molecule has 28 heavy (non-hydrogen) atoms. The number of hydrogen-bond acceptors (Lipinski definition) is 7. The molecule has 0 aliphatic heterocycles. The van der Waals surface area contributed by atoms with Crippen LogP contribution in [0.3, 0.4) is 0 Å². The van der Waals surface area contributed by atoms with Gasteiger partial charge in [0.25, 0.3) is 5.88 Å². The van der Waals surface area contributed by atoms with Gasteiger partial charge in [0.2, 0.25) is 11.6 Å². The van der Waals surface area contributed by atoms with Gasteiger partial charge >= 0.3 is 0 Å². The van der Waals surface area contributed by atoms with Gasteiger partial charge in [0.1, 0.15) is 6.07 Å². The minimum atomic E-state index is 0.0883. The minimum absolute atomic E-state index is 0.0883. The average Bonchev–Trinajstić information content (AvgIpc) is 3.12. The Morgan fingerprint density at radius 1 is 1.29 bits per heavy atom. The number of ether oxygens (including phenoxy) is 2. The van der Waals surface area contributed by atoms with Crippen LogP contribution in [0.15, 0.2) is 27.7 Å². The van der Waals surface area contributed by atoms with Gasteiger partial charge in [0.05, 0.1) is 19.9 Å². The van der Waals surface area contributed by atoms with E-state index in [0.29, 0.717) is 24.0 Å². The Labute approximate surface area is 166 Å². The molecule has 0 saturated carbocycles. The molecule has 0 spiro atoms. The maximum atomic E-state index is 9.15. The van der Waals surface area contributed by atoms with Gasteiger partial charge in [0, 0.05) is 5.92 Å². The SMILES string of the molecule is CCCCCCOc1ccc(/C=N/Nc2oc(C(C)C)nc2C#N)cc1OC. The molecular formula is C21H28N4O3. The van der Waals surface area contributed by atoms with E-state index in [0.717, 1.165) is 12.0 Å². The van der Waals surface area contributed by atoms with Crippen molar-refractivity contribution in [3.63, 3.8) is 0 Å². The van der Waals surface area contributed by atoms with Crippen molar-refractivity contribution in [3.05, 3.63) is 35.3 Å². The Hall–Kier alpha value is -3.01. The van der Waals surface area contributed by atoms with Crippen LogP contribution >= 0.6 is 0 Å². The number of unbranched alkanes of at least 4 members (excludes halogenated alkanes) is 3. The Bertz CT molecular complexity index is 822. The van der Waals surface area contributed by atoms with Gasteiger partial charge in [-0.1, -0.05) is 40.0 Å². The first kappa shape index (κ1) is 21.3. The second-order valence-corrected chi connectivity index (χ2v) is 6.69. The van der Waals surface area contributed by atoms with Crippen LogP contribution < -0.4 is 14.9 Å². The van der Waals surface area contributed by atoms with Crippen LogP contribution in [0.1, 0.15) is 69.5 Å². The van der Waals surface area contributed by atoms with Crippen LogP contribution in [0.25, 0.3) is 0 Å². The van der Waals surface area contributed by atoms with Crippen molar-refractivity contribution in [2.45, 2.75) is 52.4 Å². The minimum Gasteiger partial charge on any atom is -0.493 e. The molecule has 1 aromatic carbocycles. The molecule has 0 amide bonds. The first-order valence-electron chi connectivity index (χ1n) is 9.59. The van der Waals surface area contributed by atoms with Crippen LogP contribution in [-0.4, -0.2) is 24.9 Å². The smallest absolute Gasteiger partial charge is 0.252 e. The molecule has 7 nitrogen and oxygen atoms in total. The topological polar surface area (TPSA) is 92.7 Å². The van der Waals surface area contributed by atoms with E-state index in [1.54, 1.807) is 13.3 Å². The van der Waals surface area contributed by atoms with Crippen molar-refractivity contribution in [1.29, 1.82) is 5.26 Å². The summed E-state index contributed by atoms with van der Waals surface area (Å²) in [5.74, 6) is 2.19. The lowest BCUT2D eigenvalue weighted by Gasteiger charge is -2.11. The Balaban J connectivity index is 1.99. The number of rotatable bonds is 11. The zero-order chi connectivity index (χ0) is 20.4.